The number of hydrogen-bond acceptors (Lipinski definition) is 1. The highest BCUT2D eigenvalue weighted by Crippen LogP contribution is 2.37. The SMILES string of the molecule is CC(C)(C)[Si](C)(C)Oc1ccc(CCCI)cc1. The van der Waals surface area contributed by atoms with E-state index in [4.69, 9.17) is 4.43 Å². The van der Waals surface area contributed by atoms with E-state index in [0.29, 0.717) is 0 Å². The van der Waals surface area contributed by atoms with Crippen molar-refractivity contribution in [3.63, 3.8) is 0 Å². The minimum atomic E-state index is -1.69. The highest BCUT2D eigenvalue weighted by atomic mass is 127. The van der Waals surface area contributed by atoms with Gasteiger partial charge in [0, 0.05) is 0 Å². The van der Waals surface area contributed by atoms with Crippen LogP contribution in [0.1, 0.15) is 32.8 Å². The van der Waals surface area contributed by atoms with Crippen LogP contribution in [0.3, 0.4) is 0 Å². The normalized spacial score (nSPS) is 12.6. The molecular formula is C15H25IOSi. The molecular weight excluding hydrogens is 351 g/mol. The van der Waals surface area contributed by atoms with Crippen LogP contribution in [0.2, 0.25) is 18.1 Å². The number of benzene rings is 1. The fraction of sp³-hybridized carbons (Fsp3) is 0.600. The standard InChI is InChI=1S/C15H25IOSi/c1-15(2,3)18(4,5)17-14-10-8-13(9-11-14)7-6-12-16/h8-11H,6-7,12H2,1-5H3. The van der Waals surface area contributed by atoms with Gasteiger partial charge in [-0.2, -0.15) is 0 Å². The maximum absolute atomic E-state index is 6.26. The molecule has 1 aromatic carbocycles. The third-order valence-electron chi connectivity index (χ3n) is 3.70. The highest BCUT2D eigenvalue weighted by Gasteiger charge is 2.38. The molecule has 0 heterocycles. The van der Waals surface area contributed by atoms with E-state index in [9.17, 15) is 0 Å². The first kappa shape index (κ1) is 16.0. The van der Waals surface area contributed by atoms with E-state index in [0.717, 1.165) is 5.75 Å². The molecule has 1 rings (SSSR count). The maximum Gasteiger partial charge on any atom is 0.250 e. The average molecular weight is 376 g/mol. The van der Waals surface area contributed by atoms with Crippen molar-refractivity contribution in [2.75, 3.05) is 4.43 Å². The van der Waals surface area contributed by atoms with Crippen molar-refractivity contribution in [2.45, 2.75) is 51.7 Å². The van der Waals surface area contributed by atoms with Crippen molar-refractivity contribution in [2.24, 2.45) is 0 Å². The second-order valence-electron chi connectivity index (χ2n) is 6.30. The van der Waals surface area contributed by atoms with E-state index in [1.165, 1.54) is 22.8 Å². The minimum Gasteiger partial charge on any atom is -0.544 e. The van der Waals surface area contributed by atoms with Gasteiger partial charge < -0.3 is 4.43 Å². The van der Waals surface area contributed by atoms with Crippen LogP contribution in [0.5, 0.6) is 5.75 Å². The third-order valence-corrected chi connectivity index (χ3v) is 8.82. The highest BCUT2D eigenvalue weighted by molar-refractivity contribution is 14.1. The molecule has 0 unspecified atom stereocenters. The lowest BCUT2D eigenvalue weighted by Gasteiger charge is -2.36. The Kier molecular flexibility index (Phi) is 5.71. The number of halogens is 1. The summed E-state index contributed by atoms with van der Waals surface area (Å²) in [4.78, 5) is 0. The van der Waals surface area contributed by atoms with Crippen LogP contribution in [-0.4, -0.2) is 12.7 Å². The van der Waals surface area contributed by atoms with Gasteiger partial charge in [0.2, 0.25) is 8.32 Å². The molecule has 0 saturated carbocycles. The number of rotatable bonds is 5. The van der Waals surface area contributed by atoms with E-state index in [1.54, 1.807) is 0 Å². The van der Waals surface area contributed by atoms with Crippen molar-refractivity contribution < 1.29 is 4.43 Å². The lowest BCUT2D eigenvalue weighted by atomic mass is 10.1. The second kappa shape index (κ2) is 6.42. The Bertz CT molecular complexity index is 365. The summed E-state index contributed by atoms with van der Waals surface area (Å²) in [6.07, 6.45) is 2.42. The van der Waals surface area contributed by atoms with Crippen molar-refractivity contribution in [1.82, 2.24) is 0 Å². The summed E-state index contributed by atoms with van der Waals surface area (Å²) >= 11 is 2.43. The van der Waals surface area contributed by atoms with Gasteiger partial charge in [-0.25, -0.2) is 0 Å². The van der Waals surface area contributed by atoms with Crippen molar-refractivity contribution in [3.8, 4) is 5.75 Å². The van der Waals surface area contributed by atoms with Gasteiger partial charge in [0.05, 0.1) is 0 Å². The van der Waals surface area contributed by atoms with Crippen LogP contribution >= 0.6 is 22.6 Å². The first-order chi connectivity index (χ1) is 8.26. The Morgan fingerprint density at radius 3 is 2.11 bits per heavy atom. The van der Waals surface area contributed by atoms with Gasteiger partial charge >= 0.3 is 0 Å². The molecule has 0 fully saturated rings. The molecule has 0 aliphatic carbocycles. The number of hydrogen-bond donors (Lipinski definition) is 0. The van der Waals surface area contributed by atoms with Crippen molar-refractivity contribution >= 4 is 30.9 Å². The van der Waals surface area contributed by atoms with E-state index in [1.807, 2.05) is 0 Å². The van der Waals surface area contributed by atoms with Gasteiger partial charge in [-0.15, -0.1) is 0 Å². The van der Waals surface area contributed by atoms with Crippen molar-refractivity contribution in [3.05, 3.63) is 29.8 Å². The van der Waals surface area contributed by atoms with E-state index < -0.39 is 8.32 Å². The summed E-state index contributed by atoms with van der Waals surface area (Å²) in [6.45, 7) is 11.4. The molecule has 0 aliphatic rings. The average Bonchev–Trinajstić information content (AvgIpc) is 2.26. The zero-order valence-electron chi connectivity index (χ0n) is 12.2. The molecule has 0 spiro atoms. The summed E-state index contributed by atoms with van der Waals surface area (Å²) in [5.41, 5.74) is 1.41. The lowest BCUT2D eigenvalue weighted by Crippen LogP contribution is -2.43. The van der Waals surface area contributed by atoms with Crippen LogP contribution in [0.4, 0.5) is 0 Å². The lowest BCUT2D eigenvalue weighted by molar-refractivity contribution is 0.492. The smallest absolute Gasteiger partial charge is 0.250 e. The Morgan fingerprint density at radius 1 is 1.11 bits per heavy atom. The minimum absolute atomic E-state index is 0.257. The molecule has 0 saturated heterocycles. The van der Waals surface area contributed by atoms with Gasteiger partial charge in [-0.05, 0) is 53.1 Å². The van der Waals surface area contributed by atoms with Gasteiger partial charge in [-0.3, -0.25) is 0 Å². The van der Waals surface area contributed by atoms with Gasteiger partial charge in [0.1, 0.15) is 5.75 Å². The number of alkyl halides is 1. The van der Waals surface area contributed by atoms with Gasteiger partial charge in [0.25, 0.3) is 0 Å². The first-order valence-electron chi connectivity index (χ1n) is 6.60. The molecule has 1 nitrogen and oxygen atoms in total. The van der Waals surface area contributed by atoms with Crippen LogP contribution < -0.4 is 4.43 Å². The van der Waals surface area contributed by atoms with E-state index >= 15 is 0 Å². The Morgan fingerprint density at radius 2 is 1.67 bits per heavy atom. The molecule has 0 bridgehead atoms. The Balaban J connectivity index is 2.69. The summed E-state index contributed by atoms with van der Waals surface area (Å²) in [6, 6.07) is 8.66. The summed E-state index contributed by atoms with van der Waals surface area (Å²) in [5, 5.41) is 0.257. The molecule has 18 heavy (non-hydrogen) atoms. The van der Waals surface area contributed by atoms with Crippen LogP contribution in [-0.2, 0) is 6.42 Å². The summed E-state index contributed by atoms with van der Waals surface area (Å²) in [7, 11) is -1.69. The molecule has 3 heteroatoms. The maximum atomic E-state index is 6.26. The molecule has 102 valence electrons. The Labute approximate surface area is 127 Å². The third kappa shape index (κ3) is 4.57. The molecule has 0 amide bonds. The molecule has 0 aliphatic heterocycles. The molecule has 0 atom stereocenters. The summed E-state index contributed by atoms with van der Waals surface area (Å²) in [5.74, 6) is 1.03. The molecule has 1 aromatic rings. The van der Waals surface area contributed by atoms with Gasteiger partial charge in [-0.1, -0.05) is 55.5 Å². The van der Waals surface area contributed by atoms with Crippen LogP contribution in [0.25, 0.3) is 0 Å². The molecule has 0 aromatic heterocycles. The zero-order valence-corrected chi connectivity index (χ0v) is 15.4. The quantitative estimate of drug-likeness (QED) is 0.378. The molecule has 0 radical (unpaired) electrons. The van der Waals surface area contributed by atoms with Crippen LogP contribution in [0.15, 0.2) is 24.3 Å². The Hall–Kier alpha value is -0.0331. The first-order valence-corrected chi connectivity index (χ1v) is 11.0. The van der Waals surface area contributed by atoms with Gasteiger partial charge in [0.15, 0.2) is 0 Å². The van der Waals surface area contributed by atoms with Crippen LogP contribution in [0, 0.1) is 0 Å². The number of aryl methyl sites for hydroxylation is 1. The second-order valence-corrected chi connectivity index (χ2v) is 12.1. The topological polar surface area (TPSA) is 9.23 Å². The monoisotopic (exact) mass is 376 g/mol. The largest absolute Gasteiger partial charge is 0.544 e. The molecule has 0 N–H and O–H groups in total. The van der Waals surface area contributed by atoms with E-state index in [-0.39, 0.29) is 5.04 Å². The summed E-state index contributed by atoms with van der Waals surface area (Å²) < 4.78 is 7.49. The zero-order chi connectivity index (χ0) is 13.8. The van der Waals surface area contributed by atoms with E-state index in [2.05, 4.69) is 80.7 Å². The van der Waals surface area contributed by atoms with Crippen molar-refractivity contribution in [1.29, 1.82) is 0 Å². The fourth-order valence-electron chi connectivity index (χ4n) is 1.44. The predicted octanol–water partition coefficient (Wildman–Crippen LogP) is 5.44. The fourth-order valence-corrected chi connectivity index (χ4v) is 2.86. The predicted molar refractivity (Wildman–Crippen MR) is 91.5 cm³/mol.